The van der Waals surface area contributed by atoms with Crippen molar-refractivity contribution in [3.63, 3.8) is 0 Å². The Morgan fingerprint density at radius 3 is 2.39 bits per heavy atom. The van der Waals surface area contributed by atoms with Crippen molar-refractivity contribution < 1.29 is 9.53 Å². The summed E-state index contributed by atoms with van der Waals surface area (Å²) in [6.45, 7) is 10.5. The number of rotatable bonds is 2. The molecule has 4 heteroatoms. The van der Waals surface area contributed by atoms with Crippen molar-refractivity contribution in [1.29, 1.82) is 0 Å². The van der Waals surface area contributed by atoms with E-state index in [4.69, 9.17) is 10.5 Å². The van der Waals surface area contributed by atoms with E-state index in [0.29, 0.717) is 0 Å². The number of nitrogens with zero attached hydrogens (tertiary/aromatic N) is 1. The lowest BCUT2D eigenvalue weighted by molar-refractivity contribution is 0.00684. The van der Waals surface area contributed by atoms with Crippen molar-refractivity contribution in [1.82, 2.24) is 4.90 Å². The minimum absolute atomic E-state index is 0.198. The number of piperidine rings is 1. The predicted octanol–water partition coefficient (Wildman–Crippen LogP) is 2.90. The van der Waals surface area contributed by atoms with Crippen LogP contribution in [0.15, 0.2) is 0 Å². The first-order valence-electron chi connectivity index (χ1n) is 6.87. The topological polar surface area (TPSA) is 55.6 Å². The number of ether oxygens (including phenoxy) is 1. The molecule has 106 valence electrons. The molecule has 0 aliphatic carbocycles. The average Bonchev–Trinajstić information content (AvgIpc) is 2.12. The van der Waals surface area contributed by atoms with E-state index in [1.807, 2.05) is 39.5 Å². The van der Waals surface area contributed by atoms with Crippen LogP contribution in [0.1, 0.15) is 60.3 Å². The molecule has 0 aromatic rings. The van der Waals surface area contributed by atoms with E-state index in [1.165, 1.54) is 6.42 Å². The number of nitrogens with two attached hydrogens (primary N) is 1. The third-order valence-electron chi connectivity index (χ3n) is 3.02. The van der Waals surface area contributed by atoms with Gasteiger partial charge in [0.05, 0.1) is 0 Å². The second kappa shape index (κ2) is 5.47. The Hall–Kier alpha value is -0.770. The SMILES string of the molecule is CC(C)(N)CC1CCCCN1C(=O)OC(C)(C)C. The third-order valence-corrected chi connectivity index (χ3v) is 3.02. The largest absolute Gasteiger partial charge is 0.444 e. The summed E-state index contributed by atoms with van der Waals surface area (Å²) in [5.74, 6) is 0. The number of likely N-dealkylation sites (tertiary alicyclic amines) is 1. The fourth-order valence-electron chi connectivity index (χ4n) is 2.38. The lowest BCUT2D eigenvalue weighted by Crippen LogP contribution is -2.50. The Balaban J connectivity index is 2.67. The van der Waals surface area contributed by atoms with Crippen molar-refractivity contribution in [3.8, 4) is 0 Å². The molecule has 1 aliphatic heterocycles. The van der Waals surface area contributed by atoms with Gasteiger partial charge in [-0.05, 0) is 60.3 Å². The van der Waals surface area contributed by atoms with Crippen LogP contribution in [0.3, 0.4) is 0 Å². The van der Waals surface area contributed by atoms with Crippen LogP contribution in [-0.2, 0) is 4.74 Å². The highest BCUT2D eigenvalue weighted by Gasteiger charge is 2.32. The van der Waals surface area contributed by atoms with Crippen LogP contribution in [-0.4, -0.2) is 34.7 Å². The van der Waals surface area contributed by atoms with E-state index in [0.717, 1.165) is 25.8 Å². The molecule has 0 aromatic heterocycles. The maximum atomic E-state index is 12.2. The number of hydrogen-bond acceptors (Lipinski definition) is 3. The summed E-state index contributed by atoms with van der Waals surface area (Å²) in [7, 11) is 0. The Morgan fingerprint density at radius 1 is 1.28 bits per heavy atom. The van der Waals surface area contributed by atoms with Gasteiger partial charge in [-0.2, -0.15) is 0 Å². The van der Waals surface area contributed by atoms with E-state index in [9.17, 15) is 4.79 Å². The fourth-order valence-corrected chi connectivity index (χ4v) is 2.38. The fraction of sp³-hybridized carbons (Fsp3) is 0.929. The molecule has 0 bridgehead atoms. The monoisotopic (exact) mass is 256 g/mol. The zero-order chi connectivity index (χ0) is 14.0. The van der Waals surface area contributed by atoms with Crippen molar-refractivity contribution in [2.75, 3.05) is 6.54 Å². The van der Waals surface area contributed by atoms with Gasteiger partial charge in [-0.25, -0.2) is 4.79 Å². The van der Waals surface area contributed by atoms with Crippen LogP contribution >= 0.6 is 0 Å². The molecule has 1 atom stereocenters. The van der Waals surface area contributed by atoms with Crippen molar-refractivity contribution in [2.45, 2.75) is 77.5 Å². The van der Waals surface area contributed by atoms with Gasteiger partial charge in [0.15, 0.2) is 0 Å². The first-order valence-corrected chi connectivity index (χ1v) is 6.87. The van der Waals surface area contributed by atoms with Gasteiger partial charge < -0.3 is 15.4 Å². The normalized spacial score (nSPS) is 21.9. The summed E-state index contributed by atoms with van der Waals surface area (Å²) in [6.07, 6.45) is 3.88. The Morgan fingerprint density at radius 2 is 1.89 bits per heavy atom. The Bertz CT molecular complexity index is 289. The number of carbonyl (C=O) groups excluding carboxylic acids is 1. The molecule has 1 saturated heterocycles. The first-order chi connectivity index (χ1) is 8.08. The van der Waals surface area contributed by atoms with Gasteiger partial charge >= 0.3 is 6.09 Å². The van der Waals surface area contributed by atoms with E-state index in [2.05, 4.69) is 0 Å². The van der Waals surface area contributed by atoms with Gasteiger partial charge in [-0.1, -0.05) is 0 Å². The highest BCUT2D eigenvalue weighted by molar-refractivity contribution is 5.68. The molecule has 1 aliphatic rings. The molecule has 0 spiro atoms. The smallest absolute Gasteiger partial charge is 0.410 e. The van der Waals surface area contributed by atoms with Gasteiger partial charge in [0.2, 0.25) is 0 Å². The van der Waals surface area contributed by atoms with Crippen molar-refractivity contribution in [2.24, 2.45) is 5.73 Å². The van der Waals surface area contributed by atoms with Crippen LogP contribution in [0.25, 0.3) is 0 Å². The van der Waals surface area contributed by atoms with Gasteiger partial charge in [0.1, 0.15) is 5.60 Å². The van der Waals surface area contributed by atoms with Crippen LogP contribution in [0, 0.1) is 0 Å². The quantitative estimate of drug-likeness (QED) is 0.826. The number of amides is 1. The summed E-state index contributed by atoms with van der Waals surface area (Å²) in [5, 5.41) is 0. The summed E-state index contributed by atoms with van der Waals surface area (Å²) < 4.78 is 5.47. The van der Waals surface area contributed by atoms with Gasteiger partial charge in [0, 0.05) is 18.1 Å². The molecule has 1 rings (SSSR count). The molecule has 4 nitrogen and oxygen atoms in total. The molecule has 1 fully saturated rings. The highest BCUT2D eigenvalue weighted by Crippen LogP contribution is 2.25. The first kappa shape index (κ1) is 15.3. The highest BCUT2D eigenvalue weighted by atomic mass is 16.6. The maximum absolute atomic E-state index is 12.2. The van der Waals surface area contributed by atoms with Crippen LogP contribution in [0.2, 0.25) is 0 Å². The Labute approximate surface area is 111 Å². The third kappa shape index (κ3) is 5.25. The van der Waals surface area contributed by atoms with Crippen LogP contribution in [0.5, 0.6) is 0 Å². The second-order valence-corrected chi connectivity index (χ2v) is 7.02. The molecule has 2 N–H and O–H groups in total. The predicted molar refractivity (Wildman–Crippen MR) is 73.5 cm³/mol. The average molecular weight is 256 g/mol. The van der Waals surface area contributed by atoms with Crippen molar-refractivity contribution >= 4 is 6.09 Å². The molecule has 1 unspecified atom stereocenters. The van der Waals surface area contributed by atoms with Crippen LogP contribution in [0.4, 0.5) is 4.79 Å². The van der Waals surface area contributed by atoms with E-state index >= 15 is 0 Å². The standard InChI is InChI=1S/C14H28N2O2/c1-13(2,3)18-12(17)16-9-7-6-8-11(16)10-14(4,5)15/h11H,6-10,15H2,1-5H3. The summed E-state index contributed by atoms with van der Waals surface area (Å²) in [4.78, 5) is 14.0. The minimum Gasteiger partial charge on any atom is -0.444 e. The maximum Gasteiger partial charge on any atom is 0.410 e. The molecular formula is C14H28N2O2. The van der Waals surface area contributed by atoms with E-state index in [1.54, 1.807) is 0 Å². The molecule has 1 heterocycles. The molecular weight excluding hydrogens is 228 g/mol. The second-order valence-electron chi connectivity index (χ2n) is 7.02. The zero-order valence-corrected chi connectivity index (χ0v) is 12.5. The van der Waals surface area contributed by atoms with Crippen molar-refractivity contribution in [3.05, 3.63) is 0 Å². The molecule has 0 radical (unpaired) electrons. The summed E-state index contributed by atoms with van der Waals surface area (Å²) >= 11 is 0. The molecule has 1 amide bonds. The Kier molecular flexibility index (Phi) is 4.65. The van der Waals surface area contributed by atoms with Gasteiger partial charge in [-0.15, -0.1) is 0 Å². The molecule has 18 heavy (non-hydrogen) atoms. The minimum atomic E-state index is -0.433. The number of carbonyl (C=O) groups is 1. The molecule has 0 saturated carbocycles. The lowest BCUT2D eigenvalue weighted by Gasteiger charge is -2.39. The molecule has 0 aromatic carbocycles. The van der Waals surface area contributed by atoms with E-state index in [-0.39, 0.29) is 17.7 Å². The van der Waals surface area contributed by atoms with E-state index < -0.39 is 5.60 Å². The lowest BCUT2D eigenvalue weighted by atomic mass is 9.90. The summed E-state index contributed by atoms with van der Waals surface area (Å²) in [5.41, 5.74) is 5.40. The van der Waals surface area contributed by atoms with Gasteiger partial charge in [-0.3, -0.25) is 0 Å². The zero-order valence-electron chi connectivity index (χ0n) is 12.5. The van der Waals surface area contributed by atoms with Gasteiger partial charge in [0.25, 0.3) is 0 Å². The van der Waals surface area contributed by atoms with Crippen LogP contribution < -0.4 is 5.73 Å². The summed E-state index contributed by atoms with van der Waals surface area (Å²) in [6, 6.07) is 0.216. The number of hydrogen-bond donors (Lipinski definition) is 1.